The molecule has 0 atom stereocenters. The first-order chi connectivity index (χ1) is 26.3. The maximum absolute atomic E-state index is 4.83. The van der Waals surface area contributed by atoms with Gasteiger partial charge in [-0.2, -0.15) is 0 Å². The van der Waals surface area contributed by atoms with Gasteiger partial charge in [0, 0.05) is 24.2 Å². The first kappa shape index (κ1) is 28.6. The number of rotatable bonds is 3. The third-order valence-corrected chi connectivity index (χ3v) is 11.4. The minimum absolute atomic E-state index is 0.701. The van der Waals surface area contributed by atoms with Crippen LogP contribution in [0.1, 0.15) is 0 Å². The molecule has 0 fully saturated rings. The van der Waals surface area contributed by atoms with Gasteiger partial charge in [0.25, 0.3) is 0 Å². The molecule has 0 spiro atoms. The van der Waals surface area contributed by atoms with Crippen molar-refractivity contribution >= 4 is 81.2 Å². The van der Waals surface area contributed by atoms with Crippen molar-refractivity contribution in [1.82, 2.24) is 14.4 Å². The SMILES string of the molecule is c1ccc2c(-c3cn4cccnc4n3)ccc(-c3ccc(-c4cc5ccc6cccc7c8cccc9ccc%10cccc(c(c4)c5c67)c%10c98)cc3)c2c1. The number of benzene rings is 9. The lowest BCUT2D eigenvalue weighted by atomic mass is 9.86. The van der Waals surface area contributed by atoms with Crippen molar-refractivity contribution in [3.05, 3.63) is 176 Å². The Balaban J connectivity index is 1.07. The van der Waals surface area contributed by atoms with Crippen molar-refractivity contribution in [2.75, 3.05) is 0 Å². The van der Waals surface area contributed by atoms with Gasteiger partial charge in [-0.05, 0) is 116 Å². The summed E-state index contributed by atoms with van der Waals surface area (Å²) in [6.07, 6.45) is 5.83. The Bertz CT molecular complexity index is 3410. The second-order valence-electron chi connectivity index (χ2n) is 14.2. The molecule has 0 saturated carbocycles. The summed E-state index contributed by atoms with van der Waals surface area (Å²) in [5.74, 6) is 0.701. The highest BCUT2D eigenvalue weighted by Crippen LogP contribution is 2.45. The van der Waals surface area contributed by atoms with E-state index in [-0.39, 0.29) is 0 Å². The highest BCUT2D eigenvalue weighted by molar-refractivity contribution is 6.37. The summed E-state index contributed by atoms with van der Waals surface area (Å²) in [4.78, 5) is 9.27. The number of fused-ring (bicyclic) bond motifs is 4. The van der Waals surface area contributed by atoms with Crippen LogP contribution in [0.4, 0.5) is 0 Å². The number of hydrogen-bond donors (Lipinski definition) is 0. The normalized spacial score (nSPS) is 12.2. The summed E-state index contributed by atoms with van der Waals surface area (Å²) in [5.41, 5.74) is 6.83. The topological polar surface area (TPSA) is 30.2 Å². The molecule has 0 aliphatic rings. The maximum atomic E-state index is 4.83. The van der Waals surface area contributed by atoms with Crippen molar-refractivity contribution in [3.63, 3.8) is 0 Å². The molecule has 3 nitrogen and oxygen atoms in total. The molecule has 0 bridgehead atoms. The summed E-state index contributed by atoms with van der Waals surface area (Å²) in [6, 6.07) is 58.4. The van der Waals surface area contributed by atoms with Crippen LogP contribution in [-0.4, -0.2) is 14.4 Å². The maximum Gasteiger partial charge on any atom is 0.234 e. The molecule has 244 valence electrons. The minimum atomic E-state index is 0.701. The van der Waals surface area contributed by atoms with E-state index in [0.29, 0.717) is 5.78 Å². The summed E-state index contributed by atoms with van der Waals surface area (Å²) in [6.45, 7) is 0. The number of imidazole rings is 1. The van der Waals surface area contributed by atoms with Crippen molar-refractivity contribution < 1.29 is 0 Å². The van der Waals surface area contributed by atoms with Gasteiger partial charge >= 0.3 is 0 Å². The Labute approximate surface area is 304 Å². The molecular weight excluding hydrogens is 643 g/mol. The monoisotopic (exact) mass is 671 g/mol. The van der Waals surface area contributed by atoms with E-state index in [2.05, 4.69) is 163 Å². The zero-order valence-corrected chi connectivity index (χ0v) is 28.6. The van der Waals surface area contributed by atoms with Gasteiger partial charge in [0.05, 0.1) is 5.69 Å². The van der Waals surface area contributed by atoms with E-state index in [1.54, 1.807) is 6.20 Å². The van der Waals surface area contributed by atoms with E-state index in [4.69, 9.17) is 4.98 Å². The van der Waals surface area contributed by atoms with Gasteiger partial charge in [0.2, 0.25) is 5.78 Å². The Kier molecular flexibility index (Phi) is 5.77. The van der Waals surface area contributed by atoms with Crippen molar-refractivity contribution in [3.8, 4) is 33.5 Å². The van der Waals surface area contributed by atoms with Crippen LogP contribution in [0, 0.1) is 0 Å². The Morgan fingerprint density at radius 3 is 1.58 bits per heavy atom. The van der Waals surface area contributed by atoms with Crippen LogP contribution < -0.4 is 0 Å². The van der Waals surface area contributed by atoms with E-state index < -0.39 is 0 Å². The van der Waals surface area contributed by atoms with E-state index in [1.165, 1.54) is 97.7 Å². The fourth-order valence-electron chi connectivity index (χ4n) is 9.03. The lowest BCUT2D eigenvalue weighted by Gasteiger charge is -2.17. The minimum Gasteiger partial charge on any atom is -0.291 e. The highest BCUT2D eigenvalue weighted by atomic mass is 15.1. The highest BCUT2D eigenvalue weighted by Gasteiger charge is 2.17. The molecule has 53 heavy (non-hydrogen) atoms. The molecule has 12 rings (SSSR count). The average molecular weight is 672 g/mol. The molecule has 0 radical (unpaired) electrons. The molecule has 0 unspecified atom stereocenters. The van der Waals surface area contributed by atoms with Crippen LogP contribution in [0.3, 0.4) is 0 Å². The van der Waals surface area contributed by atoms with E-state index >= 15 is 0 Å². The molecule has 0 N–H and O–H groups in total. The summed E-state index contributed by atoms with van der Waals surface area (Å²) in [5, 5.41) is 18.0. The Morgan fingerprint density at radius 2 is 0.925 bits per heavy atom. The summed E-state index contributed by atoms with van der Waals surface area (Å²) < 4.78 is 1.97. The molecule has 2 aromatic heterocycles. The molecule has 0 saturated heterocycles. The van der Waals surface area contributed by atoms with Crippen molar-refractivity contribution in [2.24, 2.45) is 0 Å². The third kappa shape index (κ3) is 4.10. The van der Waals surface area contributed by atoms with Gasteiger partial charge in [-0.3, -0.25) is 4.40 Å². The van der Waals surface area contributed by atoms with Crippen LogP contribution >= 0.6 is 0 Å². The third-order valence-electron chi connectivity index (χ3n) is 11.4. The van der Waals surface area contributed by atoms with Gasteiger partial charge < -0.3 is 0 Å². The Hall–Kier alpha value is -7.10. The number of aromatic nitrogens is 3. The van der Waals surface area contributed by atoms with Crippen LogP contribution in [-0.2, 0) is 0 Å². The molecule has 3 heteroatoms. The smallest absolute Gasteiger partial charge is 0.234 e. The van der Waals surface area contributed by atoms with Gasteiger partial charge in [-0.1, -0.05) is 140 Å². The standard InChI is InChI=1S/C50H29N3/c1-2-11-39-38(10-1)37(23-24-40(39)45-29-53-26-6-25-51-50(53)52-45)31-17-15-30(16-18-31)36-27-35-22-21-34-8-4-13-42-41-12-3-7-32-19-20-33-9-5-14-43(48(33)46(32)41)44(28-36)49(35)47(34)42/h1-29H. The lowest BCUT2D eigenvalue weighted by Crippen LogP contribution is -1.89. The first-order valence-corrected chi connectivity index (χ1v) is 18.1. The second-order valence-corrected chi connectivity index (χ2v) is 14.2. The second kappa shape index (κ2) is 10.7. The molecule has 12 aromatic rings. The van der Waals surface area contributed by atoms with Crippen LogP contribution in [0.5, 0.6) is 0 Å². The van der Waals surface area contributed by atoms with Crippen molar-refractivity contribution in [2.45, 2.75) is 0 Å². The lowest BCUT2D eigenvalue weighted by molar-refractivity contribution is 1.11. The molecule has 0 aliphatic carbocycles. The van der Waals surface area contributed by atoms with Gasteiger partial charge in [-0.25, -0.2) is 9.97 Å². The average Bonchev–Trinajstić information content (AvgIpc) is 3.66. The van der Waals surface area contributed by atoms with E-state index in [1.807, 2.05) is 16.7 Å². The van der Waals surface area contributed by atoms with Gasteiger partial charge in [-0.15, -0.1) is 0 Å². The van der Waals surface area contributed by atoms with E-state index in [0.717, 1.165) is 11.3 Å². The largest absolute Gasteiger partial charge is 0.291 e. The predicted octanol–water partition coefficient (Wildman–Crippen LogP) is 13.2. The van der Waals surface area contributed by atoms with Crippen LogP contribution in [0.25, 0.3) is 115 Å². The van der Waals surface area contributed by atoms with Crippen LogP contribution in [0.15, 0.2) is 176 Å². The fourth-order valence-corrected chi connectivity index (χ4v) is 9.03. The summed E-state index contributed by atoms with van der Waals surface area (Å²) in [7, 11) is 0. The number of hydrogen-bond acceptors (Lipinski definition) is 2. The van der Waals surface area contributed by atoms with Gasteiger partial charge in [0.1, 0.15) is 0 Å². The molecular formula is C50H29N3. The summed E-state index contributed by atoms with van der Waals surface area (Å²) >= 11 is 0. The number of nitrogens with zero attached hydrogens (tertiary/aromatic N) is 3. The zero-order chi connectivity index (χ0) is 34.6. The van der Waals surface area contributed by atoms with Crippen molar-refractivity contribution in [1.29, 1.82) is 0 Å². The fraction of sp³-hybridized carbons (Fsp3) is 0. The predicted molar refractivity (Wildman–Crippen MR) is 223 cm³/mol. The zero-order valence-electron chi connectivity index (χ0n) is 28.6. The van der Waals surface area contributed by atoms with E-state index in [9.17, 15) is 0 Å². The van der Waals surface area contributed by atoms with Gasteiger partial charge in [0.15, 0.2) is 0 Å². The Morgan fingerprint density at radius 1 is 0.377 bits per heavy atom. The molecule has 10 aromatic carbocycles. The molecule has 0 amide bonds. The molecule has 0 aliphatic heterocycles. The van der Waals surface area contributed by atoms with Crippen LogP contribution in [0.2, 0.25) is 0 Å². The molecule has 2 heterocycles. The quantitative estimate of drug-likeness (QED) is 0.175. The first-order valence-electron chi connectivity index (χ1n) is 18.1.